The first-order chi connectivity index (χ1) is 15.1. The molecule has 1 N–H and O–H groups in total. The van der Waals surface area contributed by atoms with Gasteiger partial charge in [0, 0.05) is 28.4 Å². The maximum atomic E-state index is 12.7. The molecule has 160 valence electrons. The molecule has 3 aromatic rings. The molecule has 2 heterocycles. The predicted octanol–water partition coefficient (Wildman–Crippen LogP) is 5.48. The summed E-state index contributed by atoms with van der Waals surface area (Å²) in [5.41, 5.74) is 1.13. The van der Waals surface area contributed by atoms with Gasteiger partial charge in [-0.2, -0.15) is 0 Å². The third-order valence-corrected chi connectivity index (χ3v) is 6.97. The first kappa shape index (κ1) is 21.8. The summed E-state index contributed by atoms with van der Waals surface area (Å²) in [6.45, 7) is 3.66. The van der Waals surface area contributed by atoms with Crippen LogP contribution in [0, 0.1) is 5.92 Å². The molecule has 1 aliphatic rings. The summed E-state index contributed by atoms with van der Waals surface area (Å²) < 4.78 is 1.06. The van der Waals surface area contributed by atoms with Gasteiger partial charge in [-0.05, 0) is 61.7 Å². The van der Waals surface area contributed by atoms with Crippen molar-refractivity contribution < 1.29 is 4.79 Å². The van der Waals surface area contributed by atoms with Crippen LogP contribution in [0.3, 0.4) is 0 Å². The molecule has 0 aliphatic carbocycles. The number of benzene rings is 2. The maximum absolute atomic E-state index is 12.7. The normalized spacial score (nSPS) is 15.5. The van der Waals surface area contributed by atoms with Crippen LogP contribution in [-0.2, 0) is 4.79 Å². The van der Waals surface area contributed by atoms with E-state index in [1.807, 2.05) is 61.5 Å². The Hall–Kier alpha value is -2.38. The molecule has 31 heavy (non-hydrogen) atoms. The fraction of sp³-hybridized carbons (Fsp3) is 0.292. The highest BCUT2D eigenvalue weighted by Gasteiger charge is 2.26. The van der Waals surface area contributed by atoms with Crippen molar-refractivity contribution in [3.05, 3.63) is 76.8 Å². The van der Waals surface area contributed by atoms with Crippen molar-refractivity contribution in [2.45, 2.75) is 35.7 Å². The number of nitrogens with zero attached hydrogens (tertiary/aromatic N) is 3. The van der Waals surface area contributed by atoms with Crippen LogP contribution in [0.5, 0.6) is 0 Å². The fourth-order valence-electron chi connectivity index (χ4n) is 3.69. The Morgan fingerprint density at radius 1 is 1.03 bits per heavy atom. The zero-order chi connectivity index (χ0) is 21.6. The number of nitrogens with one attached hydrogen (secondary N) is 1. The van der Waals surface area contributed by atoms with Crippen LogP contribution < -0.4 is 10.2 Å². The van der Waals surface area contributed by atoms with E-state index in [4.69, 9.17) is 0 Å². The maximum Gasteiger partial charge on any atom is 0.223 e. The Kier molecular flexibility index (Phi) is 7.25. The number of carbonyl (C=O) groups is 1. The summed E-state index contributed by atoms with van der Waals surface area (Å²) in [6, 6.07) is 22.3. The Morgan fingerprint density at radius 2 is 1.74 bits per heavy atom. The predicted molar refractivity (Wildman–Crippen MR) is 128 cm³/mol. The highest BCUT2D eigenvalue weighted by atomic mass is 79.9. The van der Waals surface area contributed by atoms with Crippen molar-refractivity contribution in [1.82, 2.24) is 15.5 Å². The molecule has 1 saturated heterocycles. The average Bonchev–Trinajstić information content (AvgIpc) is 2.82. The van der Waals surface area contributed by atoms with Gasteiger partial charge < -0.3 is 10.2 Å². The number of aromatic nitrogens is 2. The van der Waals surface area contributed by atoms with Gasteiger partial charge in [-0.25, -0.2) is 0 Å². The lowest BCUT2D eigenvalue weighted by molar-refractivity contribution is -0.126. The van der Waals surface area contributed by atoms with Crippen LogP contribution in [-0.4, -0.2) is 29.2 Å². The average molecular weight is 497 g/mol. The summed E-state index contributed by atoms with van der Waals surface area (Å²) >= 11 is 5.05. The Balaban J connectivity index is 1.28. The molecule has 1 fully saturated rings. The largest absolute Gasteiger partial charge is 0.355 e. The van der Waals surface area contributed by atoms with E-state index in [0.29, 0.717) is 0 Å². The highest BCUT2D eigenvalue weighted by molar-refractivity contribution is 9.10. The van der Waals surface area contributed by atoms with E-state index in [1.165, 1.54) is 0 Å². The van der Waals surface area contributed by atoms with E-state index in [-0.39, 0.29) is 17.9 Å². The summed E-state index contributed by atoms with van der Waals surface area (Å²) in [5.74, 6) is 1.06. The van der Waals surface area contributed by atoms with Gasteiger partial charge in [0.05, 0.1) is 6.04 Å². The number of anilines is 1. The molecule has 0 bridgehead atoms. The quantitative estimate of drug-likeness (QED) is 0.489. The minimum atomic E-state index is 0.0216. The second-order valence-corrected chi connectivity index (χ2v) is 9.70. The summed E-state index contributed by atoms with van der Waals surface area (Å²) in [4.78, 5) is 16.0. The molecule has 1 unspecified atom stereocenters. The number of piperidine rings is 1. The van der Waals surface area contributed by atoms with Gasteiger partial charge in [0.2, 0.25) is 5.91 Å². The van der Waals surface area contributed by atoms with E-state index in [9.17, 15) is 4.79 Å². The van der Waals surface area contributed by atoms with Crippen molar-refractivity contribution >= 4 is 39.4 Å². The lowest BCUT2D eigenvalue weighted by Crippen LogP contribution is -2.41. The molecule has 1 amide bonds. The van der Waals surface area contributed by atoms with E-state index in [1.54, 1.807) is 11.8 Å². The van der Waals surface area contributed by atoms with Crippen molar-refractivity contribution in [1.29, 1.82) is 0 Å². The minimum Gasteiger partial charge on any atom is -0.355 e. The summed E-state index contributed by atoms with van der Waals surface area (Å²) in [6.07, 6.45) is 1.65. The molecule has 1 atom stereocenters. The van der Waals surface area contributed by atoms with E-state index >= 15 is 0 Å². The molecule has 5 nitrogen and oxygen atoms in total. The monoisotopic (exact) mass is 496 g/mol. The van der Waals surface area contributed by atoms with Gasteiger partial charge >= 0.3 is 0 Å². The van der Waals surface area contributed by atoms with Crippen molar-refractivity contribution in [3.8, 4) is 0 Å². The first-order valence-corrected chi connectivity index (χ1v) is 12.1. The molecule has 0 spiro atoms. The van der Waals surface area contributed by atoms with Crippen molar-refractivity contribution in [3.63, 3.8) is 0 Å². The molecule has 1 aliphatic heterocycles. The van der Waals surface area contributed by atoms with Gasteiger partial charge in [-0.1, -0.05) is 58.0 Å². The van der Waals surface area contributed by atoms with Gasteiger partial charge in [-0.15, -0.1) is 10.2 Å². The Labute approximate surface area is 195 Å². The van der Waals surface area contributed by atoms with Crippen LogP contribution >= 0.6 is 27.7 Å². The van der Waals surface area contributed by atoms with E-state index in [2.05, 4.69) is 48.5 Å². The SMILES string of the molecule is CC(NC(=O)C1CCN(c2ccc(Sc3ccc(Br)cc3)nn2)CC1)c1ccccc1. The Bertz CT molecular complexity index is 990. The molecule has 0 saturated carbocycles. The lowest BCUT2D eigenvalue weighted by Gasteiger charge is -2.32. The van der Waals surface area contributed by atoms with Crippen LogP contribution in [0.2, 0.25) is 0 Å². The van der Waals surface area contributed by atoms with Crippen LogP contribution in [0.1, 0.15) is 31.4 Å². The Morgan fingerprint density at radius 3 is 2.39 bits per heavy atom. The van der Waals surface area contributed by atoms with Gasteiger partial charge in [0.1, 0.15) is 5.03 Å². The van der Waals surface area contributed by atoms with Crippen LogP contribution in [0.4, 0.5) is 5.82 Å². The van der Waals surface area contributed by atoms with Gasteiger partial charge in [-0.3, -0.25) is 4.79 Å². The topological polar surface area (TPSA) is 58.1 Å². The third kappa shape index (κ3) is 5.86. The molecule has 1 aromatic heterocycles. The number of amides is 1. The van der Waals surface area contributed by atoms with Crippen LogP contribution in [0.25, 0.3) is 0 Å². The molecule has 7 heteroatoms. The zero-order valence-corrected chi connectivity index (χ0v) is 19.8. The lowest BCUT2D eigenvalue weighted by atomic mass is 9.95. The van der Waals surface area contributed by atoms with Crippen LogP contribution in [0.15, 0.2) is 81.1 Å². The molecule has 4 rings (SSSR count). The molecular formula is C24H25BrN4OS. The van der Waals surface area contributed by atoms with Crippen molar-refractivity contribution in [2.75, 3.05) is 18.0 Å². The fourth-order valence-corrected chi connectivity index (χ4v) is 4.68. The van der Waals surface area contributed by atoms with E-state index < -0.39 is 0 Å². The standard InChI is InChI=1S/C24H25BrN4OS/c1-17(18-5-3-2-4-6-18)26-24(30)19-13-15-29(16-14-19)22-11-12-23(28-27-22)31-21-9-7-20(25)8-10-21/h2-12,17,19H,13-16H2,1H3,(H,26,30). The number of carbonyl (C=O) groups excluding carboxylic acids is 1. The van der Waals surface area contributed by atoms with E-state index in [0.717, 1.165) is 51.7 Å². The number of rotatable bonds is 6. The van der Waals surface area contributed by atoms with Crippen molar-refractivity contribution in [2.24, 2.45) is 5.92 Å². The summed E-state index contributed by atoms with van der Waals surface area (Å²) in [5, 5.41) is 12.8. The summed E-state index contributed by atoms with van der Waals surface area (Å²) in [7, 11) is 0. The number of halogens is 1. The highest BCUT2D eigenvalue weighted by Crippen LogP contribution is 2.28. The number of hydrogen-bond donors (Lipinski definition) is 1. The van der Waals surface area contributed by atoms with Gasteiger partial charge in [0.25, 0.3) is 0 Å². The smallest absolute Gasteiger partial charge is 0.223 e. The molecule has 2 aromatic carbocycles. The second kappa shape index (κ2) is 10.3. The minimum absolute atomic E-state index is 0.0216. The first-order valence-electron chi connectivity index (χ1n) is 10.5. The third-order valence-electron chi connectivity index (χ3n) is 5.51. The molecule has 0 radical (unpaired) electrons. The molecular weight excluding hydrogens is 472 g/mol. The van der Waals surface area contributed by atoms with Gasteiger partial charge in [0.15, 0.2) is 5.82 Å². The zero-order valence-electron chi connectivity index (χ0n) is 17.4. The second-order valence-electron chi connectivity index (χ2n) is 7.69. The number of hydrogen-bond acceptors (Lipinski definition) is 5.